The van der Waals surface area contributed by atoms with Gasteiger partial charge in [-0.05, 0) is 56.5 Å². The molecule has 1 aliphatic heterocycles. The number of aryl methyl sites for hydroxylation is 1. The molecule has 0 atom stereocenters. The number of nitrogens with one attached hydrogen (secondary N) is 1. The molecule has 1 aliphatic rings. The van der Waals surface area contributed by atoms with Crippen molar-refractivity contribution in [2.24, 2.45) is 5.92 Å². The second kappa shape index (κ2) is 7.42. The van der Waals surface area contributed by atoms with Gasteiger partial charge < -0.3 is 9.72 Å². The molecule has 5 heteroatoms. The van der Waals surface area contributed by atoms with Crippen LogP contribution in [-0.2, 0) is 6.54 Å². The topological polar surface area (TPSA) is 58.2 Å². The summed E-state index contributed by atoms with van der Waals surface area (Å²) in [6.07, 6.45) is 5.40. The average Bonchev–Trinajstić information content (AvgIpc) is 2.56. The molecule has 0 amide bonds. The number of piperidine rings is 1. The van der Waals surface area contributed by atoms with Gasteiger partial charge in [-0.15, -0.1) is 0 Å². The van der Waals surface area contributed by atoms with E-state index < -0.39 is 0 Å². The number of hydrogen-bond acceptors (Lipinski definition) is 4. The van der Waals surface area contributed by atoms with Gasteiger partial charge in [0.1, 0.15) is 11.4 Å². The van der Waals surface area contributed by atoms with E-state index in [1.54, 1.807) is 12.4 Å². The van der Waals surface area contributed by atoms with Crippen LogP contribution in [0.4, 0.5) is 0 Å². The zero-order valence-electron chi connectivity index (χ0n) is 13.5. The molecule has 3 rings (SSSR count). The van der Waals surface area contributed by atoms with Crippen LogP contribution in [0.2, 0.25) is 0 Å². The van der Waals surface area contributed by atoms with Gasteiger partial charge in [0.15, 0.2) is 0 Å². The SMILES string of the molecule is Cc1cccc(OCC2CCN(Cc3ncc[nH]c3=O)CC2)c1. The molecule has 2 heterocycles. The second-order valence-electron chi connectivity index (χ2n) is 6.21. The van der Waals surface area contributed by atoms with Crippen molar-refractivity contribution in [2.45, 2.75) is 26.3 Å². The van der Waals surface area contributed by atoms with Crippen LogP contribution in [0, 0.1) is 12.8 Å². The molecule has 0 saturated carbocycles. The zero-order chi connectivity index (χ0) is 16.1. The molecule has 0 unspecified atom stereocenters. The number of likely N-dealkylation sites (tertiary alicyclic amines) is 1. The molecule has 0 spiro atoms. The molecular formula is C18H23N3O2. The minimum absolute atomic E-state index is 0.0857. The van der Waals surface area contributed by atoms with Gasteiger partial charge in [0.25, 0.3) is 5.56 Å². The fraction of sp³-hybridized carbons (Fsp3) is 0.444. The quantitative estimate of drug-likeness (QED) is 0.921. The lowest BCUT2D eigenvalue weighted by Gasteiger charge is -2.31. The largest absolute Gasteiger partial charge is 0.493 e. The lowest BCUT2D eigenvalue weighted by atomic mass is 9.97. The molecule has 0 radical (unpaired) electrons. The molecule has 122 valence electrons. The number of aromatic amines is 1. The van der Waals surface area contributed by atoms with Crippen molar-refractivity contribution in [2.75, 3.05) is 19.7 Å². The van der Waals surface area contributed by atoms with Gasteiger partial charge in [-0.25, -0.2) is 0 Å². The summed E-state index contributed by atoms with van der Waals surface area (Å²) >= 11 is 0. The van der Waals surface area contributed by atoms with E-state index in [9.17, 15) is 4.79 Å². The predicted molar refractivity (Wildman–Crippen MR) is 89.5 cm³/mol. The summed E-state index contributed by atoms with van der Waals surface area (Å²) in [5.41, 5.74) is 1.73. The molecule has 0 aliphatic carbocycles. The first kappa shape index (κ1) is 15.7. The van der Waals surface area contributed by atoms with Crippen molar-refractivity contribution in [3.05, 3.63) is 58.3 Å². The summed E-state index contributed by atoms with van der Waals surface area (Å²) in [7, 11) is 0. The Kier molecular flexibility index (Phi) is 5.08. The second-order valence-corrected chi connectivity index (χ2v) is 6.21. The van der Waals surface area contributed by atoms with Crippen molar-refractivity contribution in [1.29, 1.82) is 0 Å². The van der Waals surface area contributed by atoms with Gasteiger partial charge in [0.05, 0.1) is 6.61 Å². The Hall–Kier alpha value is -2.14. The van der Waals surface area contributed by atoms with Crippen LogP contribution in [0.3, 0.4) is 0 Å². The number of nitrogens with zero attached hydrogens (tertiary/aromatic N) is 2. The highest BCUT2D eigenvalue weighted by atomic mass is 16.5. The Morgan fingerprint density at radius 2 is 2.17 bits per heavy atom. The first-order valence-corrected chi connectivity index (χ1v) is 8.15. The highest BCUT2D eigenvalue weighted by molar-refractivity contribution is 5.27. The number of benzene rings is 1. The smallest absolute Gasteiger partial charge is 0.270 e. The van der Waals surface area contributed by atoms with Crippen molar-refractivity contribution in [3.63, 3.8) is 0 Å². The van der Waals surface area contributed by atoms with Gasteiger partial charge in [0.2, 0.25) is 0 Å². The van der Waals surface area contributed by atoms with E-state index in [1.165, 1.54) is 5.56 Å². The summed E-state index contributed by atoms with van der Waals surface area (Å²) in [6.45, 7) is 5.43. The summed E-state index contributed by atoms with van der Waals surface area (Å²) in [6, 6.07) is 8.18. The molecule has 5 nitrogen and oxygen atoms in total. The molecule has 1 fully saturated rings. The minimum atomic E-state index is -0.0857. The first-order chi connectivity index (χ1) is 11.2. The monoisotopic (exact) mass is 313 g/mol. The maximum Gasteiger partial charge on any atom is 0.270 e. The van der Waals surface area contributed by atoms with E-state index >= 15 is 0 Å². The fourth-order valence-electron chi connectivity index (χ4n) is 2.94. The highest BCUT2D eigenvalue weighted by Gasteiger charge is 2.20. The van der Waals surface area contributed by atoms with Crippen molar-refractivity contribution in [3.8, 4) is 5.75 Å². The summed E-state index contributed by atoms with van der Waals surface area (Å²) in [4.78, 5) is 20.8. The van der Waals surface area contributed by atoms with Crippen molar-refractivity contribution < 1.29 is 4.74 Å². The normalized spacial score (nSPS) is 16.4. The highest BCUT2D eigenvalue weighted by Crippen LogP contribution is 2.20. The molecule has 23 heavy (non-hydrogen) atoms. The van der Waals surface area contributed by atoms with Crippen LogP contribution >= 0.6 is 0 Å². The van der Waals surface area contributed by atoms with E-state index in [2.05, 4.69) is 33.9 Å². The van der Waals surface area contributed by atoms with E-state index in [4.69, 9.17) is 4.74 Å². The Morgan fingerprint density at radius 3 is 2.91 bits per heavy atom. The van der Waals surface area contributed by atoms with Crippen LogP contribution in [0.25, 0.3) is 0 Å². The summed E-state index contributed by atoms with van der Waals surface area (Å²) < 4.78 is 5.91. The first-order valence-electron chi connectivity index (χ1n) is 8.15. The lowest BCUT2D eigenvalue weighted by Crippen LogP contribution is -2.36. The summed E-state index contributed by atoms with van der Waals surface area (Å²) in [5, 5.41) is 0. The van der Waals surface area contributed by atoms with Crippen LogP contribution in [-0.4, -0.2) is 34.6 Å². The molecule has 0 bridgehead atoms. The molecular weight excluding hydrogens is 290 g/mol. The molecule has 1 N–H and O–H groups in total. The van der Waals surface area contributed by atoms with Crippen LogP contribution in [0.5, 0.6) is 5.75 Å². The molecule has 1 aromatic heterocycles. The third-order valence-corrected chi connectivity index (χ3v) is 4.34. The third kappa shape index (κ3) is 4.42. The number of hydrogen-bond donors (Lipinski definition) is 1. The van der Waals surface area contributed by atoms with Crippen LogP contribution in [0.15, 0.2) is 41.5 Å². The van der Waals surface area contributed by atoms with Crippen molar-refractivity contribution >= 4 is 0 Å². The zero-order valence-corrected chi connectivity index (χ0v) is 13.5. The number of H-pyrrole nitrogens is 1. The van der Waals surface area contributed by atoms with Gasteiger partial charge in [-0.2, -0.15) is 0 Å². The molecule has 1 aromatic carbocycles. The maximum absolute atomic E-state index is 11.7. The van der Waals surface area contributed by atoms with Gasteiger partial charge in [-0.1, -0.05) is 12.1 Å². The lowest BCUT2D eigenvalue weighted by molar-refractivity contribution is 0.135. The average molecular weight is 313 g/mol. The van der Waals surface area contributed by atoms with Gasteiger partial charge >= 0.3 is 0 Å². The summed E-state index contributed by atoms with van der Waals surface area (Å²) in [5.74, 6) is 1.53. The Bertz CT molecular complexity index is 690. The van der Waals surface area contributed by atoms with E-state index in [0.717, 1.165) is 38.3 Å². The molecule has 1 saturated heterocycles. The minimum Gasteiger partial charge on any atom is -0.493 e. The number of ether oxygens (including phenoxy) is 1. The van der Waals surface area contributed by atoms with E-state index in [0.29, 0.717) is 18.2 Å². The van der Waals surface area contributed by atoms with Crippen LogP contribution < -0.4 is 10.3 Å². The molecule has 2 aromatic rings. The fourth-order valence-corrected chi connectivity index (χ4v) is 2.94. The van der Waals surface area contributed by atoms with Gasteiger partial charge in [-0.3, -0.25) is 14.7 Å². The Balaban J connectivity index is 1.45. The number of rotatable bonds is 5. The Labute approximate surface area is 136 Å². The standard InChI is InChI=1S/C18H23N3O2/c1-14-3-2-4-16(11-14)23-13-15-5-9-21(10-6-15)12-17-18(22)20-8-7-19-17/h2-4,7-8,11,15H,5-6,9-10,12-13H2,1H3,(H,20,22). The number of aromatic nitrogens is 2. The van der Waals surface area contributed by atoms with Gasteiger partial charge in [0, 0.05) is 18.9 Å². The predicted octanol–water partition coefficient (Wildman–Crippen LogP) is 2.37. The van der Waals surface area contributed by atoms with E-state index in [1.807, 2.05) is 12.1 Å². The van der Waals surface area contributed by atoms with Crippen LogP contribution in [0.1, 0.15) is 24.1 Å². The Morgan fingerprint density at radius 1 is 1.35 bits per heavy atom. The third-order valence-electron chi connectivity index (χ3n) is 4.34. The van der Waals surface area contributed by atoms with Crippen molar-refractivity contribution in [1.82, 2.24) is 14.9 Å². The maximum atomic E-state index is 11.7. The van der Waals surface area contributed by atoms with E-state index in [-0.39, 0.29) is 5.56 Å².